The summed E-state index contributed by atoms with van der Waals surface area (Å²) < 4.78 is 47.0. The first-order chi connectivity index (χ1) is 12.5. The number of carbonyl (C=O) groups is 2. The third kappa shape index (κ3) is 4.83. The number of nitrogens with zero attached hydrogens (tertiary/aromatic N) is 2. The molecule has 1 rings (SSSR count). The van der Waals surface area contributed by atoms with Crippen LogP contribution in [0, 0.1) is 34.5 Å². The molecule has 0 unspecified atom stereocenters. The number of unbranched alkanes of at least 4 members (excludes halogenated alkanes) is 1. The van der Waals surface area contributed by atoms with Gasteiger partial charge in [0.25, 0.3) is 0 Å². The van der Waals surface area contributed by atoms with Crippen molar-refractivity contribution in [2.75, 3.05) is 20.7 Å². The molecule has 0 saturated heterocycles. The van der Waals surface area contributed by atoms with E-state index in [9.17, 15) is 32.9 Å². The molecule has 0 fully saturated rings. The maximum atomic E-state index is 14.5. The summed E-state index contributed by atoms with van der Waals surface area (Å²) in [4.78, 5) is 35.9. The van der Waals surface area contributed by atoms with Gasteiger partial charge in [-0.05, 0) is 13.3 Å². The number of nitro groups is 1. The Bertz CT molecular complexity index is 806. The molecule has 10 heteroatoms. The van der Waals surface area contributed by atoms with Gasteiger partial charge in [-0.1, -0.05) is 13.3 Å². The summed E-state index contributed by atoms with van der Waals surface area (Å²) in [5.41, 5.74) is -4.67. The van der Waals surface area contributed by atoms with Crippen molar-refractivity contribution in [1.29, 1.82) is 0 Å². The number of hydrogen-bond acceptors (Lipinski definition) is 6. The third-order valence-corrected chi connectivity index (χ3v) is 3.51. The number of ketones is 1. The lowest BCUT2D eigenvalue weighted by atomic mass is 9.98. The number of halogens is 3. The average Bonchev–Trinajstić information content (AvgIpc) is 2.59. The van der Waals surface area contributed by atoms with E-state index in [0.717, 1.165) is 13.1 Å². The van der Waals surface area contributed by atoms with Crippen molar-refractivity contribution >= 4 is 17.4 Å². The minimum Gasteiger partial charge on any atom is -0.462 e. The van der Waals surface area contributed by atoms with E-state index in [1.54, 1.807) is 0 Å². The predicted octanol–water partition coefficient (Wildman–Crippen LogP) is 3.29. The van der Waals surface area contributed by atoms with Crippen LogP contribution < -0.4 is 0 Å². The van der Waals surface area contributed by atoms with Crippen LogP contribution >= 0.6 is 0 Å². The first-order valence-electron chi connectivity index (χ1n) is 7.96. The Hall–Kier alpha value is -2.91. The Labute approximate surface area is 153 Å². The van der Waals surface area contributed by atoms with E-state index in [4.69, 9.17) is 4.74 Å². The number of carbonyl (C=O) groups excluding carboxylic acids is 2. The number of hydrogen-bond donors (Lipinski definition) is 0. The number of benzene rings is 1. The summed E-state index contributed by atoms with van der Waals surface area (Å²) in [6, 6.07) is 0. The van der Waals surface area contributed by atoms with Gasteiger partial charge in [-0.25, -0.2) is 13.6 Å². The fourth-order valence-electron chi connectivity index (χ4n) is 2.13. The Morgan fingerprint density at radius 2 is 1.78 bits per heavy atom. The van der Waals surface area contributed by atoms with Crippen molar-refractivity contribution in [1.82, 2.24) is 4.90 Å². The summed E-state index contributed by atoms with van der Waals surface area (Å²) >= 11 is 0. The molecule has 0 spiro atoms. The first-order valence-corrected chi connectivity index (χ1v) is 7.96. The molecular formula is C17H19F3N2O5. The molecule has 1 aromatic rings. The minimum atomic E-state index is -1.98. The lowest BCUT2D eigenvalue weighted by molar-refractivity contribution is -0.388. The number of Topliss-reactive ketones (excluding diaryl/α,β-unsaturated/α-hetero) is 1. The summed E-state index contributed by atoms with van der Waals surface area (Å²) in [7, 11) is 2.88. The maximum Gasteiger partial charge on any atom is 0.343 e. The molecule has 7 nitrogen and oxygen atoms in total. The zero-order chi connectivity index (χ0) is 20.9. The highest BCUT2D eigenvalue weighted by molar-refractivity contribution is 6.25. The summed E-state index contributed by atoms with van der Waals surface area (Å²) in [5, 5.41) is 11.1. The lowest BCUT2D eigenvalue weighted by Crippen LogP contribution is -2.22. The average molecular weight is 388 g/mol. The van der Waals surface area contributed by atoms with Crippen molar-refractivity contribution in [3.8, 4) is 0 Å². The number of ether oxygens (including phenoxy) is 1. The van der Waals surface area contributed by atoms with Gasteiger partial charge in [-0.2, -0.15) is 4.39 Å². The molecule has 0 N–H and O–H groups in total. The fraction of sp³-hybridized carbons (Fsp3) is 0.412. The lowest BCUT2D eigenvalue weighted by Gasteiger charge is -2.13. The van der Waals surface area contributed by atoms with Crippen LogP contribution in [0.1, 0.15) is 35.7 Å². The van der Waals surface area contributed by atoms with Crippen molar-refractivity contribution in [3.05, 3.63) is 50.5 Å². The number of rotatable bonds is 8. The zero-order valence-electron chi connectivity index (χ0n) is 15.3. The topological polar surface area (TPSA) is 89.8 Å². The van der Waals surface area contributed by atoms with Crippen LogP contribution in [0.5, 0.6) is 0 Å². The van der Waals surface area contributed by atoms with E-state index in [0.29, 0.717) is 12.8 Å². The molecule has 0 aliphatic carbocycles. The Kier molecular flexibility index (Phi) is 7.50. The van der Waals surface area contributed by atoms with Gasteiger partial charge in [0, 0.05) is 25.9 Å². The molecule has 0 amide bonds. The van der Waals surface area contributed by atoms with Crippen molar-refractivity contribution < 1.29 is 32.4 Å². The Morgan fingerprint density at radius 3 is 2.26 bits per heavy atom. The van der Waals surface area contributed by atoms with Gasteiger partial charge in [-0.15, -0.1) is 0 Å². The Morgan fingerprint density at radius 1 is 1.19 bits per heavy atom. The number of esters is 1. The van der Waals surface area contributed by atoms with Crippen LogP contribution in [0.15, 0.2) is 11.8 Å². The second-order valence-corrected chi connectivity index (χ2v) is 5.87. The van der Waals surface area contributed by atoms with E-state index in [1.165, 1.54) is 19.0 Å². The highest BCUT2D eigenvalue weighted by Crippen LogP contribution is 2.32. The van der Waals surface area contributed by atoms with E-state index >= 15 is 0 Å². The normalized spacial score (nSPS) is 11.3. The smallest absolute Gasteiger partial charge is 0.343 e. The Balaban J connectivity index is 3.59. The maximum absolute atomic E-state index is 14.5. The SMILES string of the molecule is CCCCOC(=O)/C(=C/N(C)C)C(=O)c1c(F)c(C)c(F)c(F)c1[N+](=O)[O-]. The van der Waals surface area contributed by atoms with Gasteiger partial charge in [0.2, 0.25) is 11.6 Å². The third-order valence-electron chi connectivity index (χ3n) is 3.51. The molecule has 27 heavy (non-hydrogen) atoms. The number of nitro benzene ring substituents is 1. The van der Waals surface area contributed by atoms with Crippen LogP contribution in [-0.4, -0.2) is 42.3 Å². The van der Waals surface area contributed by atoms with E-state index in [-0.39, 0.29) is 6.61 Å². The van der Waals surface area contributed by atoms with Crippen LogP contribution in [0.2, 0.25) is 0 Å². The van der Waals surface area contributed by atoms with E-state index < -0.39 is 56.5 Å². The van der Waals surface area contributed by atoms with E-state index in [1.807, 2.05) is 6.92 Å². The van der Waals surface area contributed by atoms with Crippen LogP contribution in [0.3, 0.4) is 0 Å². The largest absolute Gasteiger partial charge is 0.462 e. The standard InChI is InChI=1S/C17H19F3N2O5/c1-5-6-7-27-17(24)10(8-21(3)4)16(23)11-12(18)9(2)13(19)14(20)15(11)22(25)26/h8H,5-7H2,1-4H3/b10-8+. The summed E-state index contributed by atoms with van der Waals surface area (Å²) in [6.45, 7) is 2.62. The van der Waals surface area contributed by atoms with E-state index in [2.05, 4.69) is 0 Å². The molecule has 148 valence electrons. The van der Waals surface area contributed by atoms with Gasteiger partial charge in [0.05, 0.1) is 11.5 Å². The second kappa shape index (κ2) is 9.15. The molecule has 0 heterocycles. The second-order valence-electron chi connectivity index (χ2n) is 5.87. The van der Waals surface area contributed by atoms with Crippen molar-refractivity contribution in [3.63, 3.8) is 0 Å². The zero-order valence-corrected chi connectivity index (χ0v) is 15.3. The summed E-state index contributed by atoms with van der Waals surface area (Å²) in [5.74, 6) is -8.00. The molecule has 0 atom stereocenters. The molecule has 0 aliphatic heterocycles. The highest BCUT2D eigenvalue weighted by Gasteiger charge is 2.37. The predicted molar refractivity (Wildman–Crippen MR) is 89.7 cm³/mol. The molecule has 0 saturated carbocycles. The molecule has 0 bridgehead atoms. The first kappa shape index (κ1) is 22.1. The summed E-state index contributed by atoms with van der Waals surface area (Å²) in [6.07, 6.45) is 2.15. The molecular weight excluding hydrogens is 369 g/mol. The van der Waals surface area contributed by atoms with Crippen LogP contribution in [0.4, 0.5) is 18.9 Å². The van der Waals surface area contributed by atoms with Gasteiger partial charge in [0.15, 0.2) is 5.82 Å². The monoisotopic (exact) mass is 388 g/mol. The fourth-order valence-corrected chi connectivity index (χ4v) is 2.13. The molecule has 0 aliphatic rings. The van der Waals surface area contributed by atoms with Gasteiger partial charge < -0.3 is 9.64 Å². The van der Waals surface area contributed by atoms with Gasteiger partial charge in [-0.3, -0.25) is 14.9 Å². The van der Waals surface area contributed by atoms with Gasteiger partial charge in [0.1, 0.15) is 17.0 Å². The van der Waals surface area contributed by atoms with Crippen LogP contribution in [0.25, 0.3) is 0 Å². The van der Waals surface area contributed by atoms with Crippen molar-refractivity contribution in [2.45, 2.75) is 26.7 Å². The molecule has 0 aromatic heterocycles. The highest BCUT2D eigenvalue weighted by atomic mass is 19.2. The van der Waals surface area contributed by atoms with Crippen LogP contribution in [-0.2, 0) is 9.53 Å². The van der Waals surface area contributed by atoms with Crippen molar-refractivity contribution in [2.24, 2.45) is 0 Å². The molecule has 0 radical (unpaired) electrons. The van der Waals surface area contributed by atoms with Gasteiger partial charge >= 0.3 is 11.7 Å². The molecule has 1 aromatic carbocycles. The quantitative estimate of drug-likeness (QED) is 0.0781. The minimum absolute atomic E-state index is 0.0330.